The van der Waals surface area contributed by atoms with Crippen molar-refractivity contribution in [3.8, 4) is 0 Å². The first kappa shape index (κ1) is 10.5. The molecule has 13 heavy (non-hydrogen) atoms. The van der Waals surface area contributed by atoms with Crippen LogP contribution in [-0.4, -0.2) is 6.54 Å². The van der Waals surface area contributed by atoms with Crippen molar-refractivity contribution in [1.29, 1.82) is 0 Å². The zero-order chi connectivity index (χ0) is 9.68. The Morgan fingerprint density at radius 2 is 2.31 bits per heavy atom. The fourth-order valence-electron chi connectivity index (χ4n) is 1.27. The molecular weight excluding hydrogens is 178 g/mol. The predicted octanol–water partition coefficient (Wildman–Crippen LogP) is 3.15. The average Bonchev–Trinajstić information content (AvgIpc) is 2.62. The van der Waals surface area contributed by atoms with Crippen molar-refractivity contribution < 1.29 is 0 Å². The second-order valence-electron chi connectivity index (χ2n) is 2.93. The highest BCUT2D eigenvalue weighted by molar-refractivity contribution is 7.12. The van der Waals surface area contributed by atoms with E-state index in [1.54, 1.807) is 0 Å². The number of likely N-dealkylation sites (N-methyl/N-ethyl adjacent to an activating group) is 1. The van der Waals surface area contributed by atoms with Crippen molar-refractivity contribution in [2.24, 2.45) is 0 Å². The molecule has 1 unspecified atom stereocenters. The van der Waals surface area contributed by atoms with Crippen LogP contribution < -0.4 is 5.32 Å². The Morgan fingerprint density at radius 1 is 1.54 bits per heavy atom. The maximum Gasteiger partial charge on any atom is 0.0598 e. The summed E-state index contributed by atoms with van der Waals surface area (Å²) in [5.74, 6) is 0. The molecule has 72 valence electrons. The predicted molar refractivity (Wildman–Crippen MR) is 60.3 cm³/mol. The van der Waals surface area contributed by atoms with Crippen molar-refractivity contribution in [2.45, 2.75) is 26.3 Å². The molecule has 1 aromatic rings. The van der Waals surface area contributed by atoms with Gasteiger partial charge in [-0.1, -0.05) is 19.9 Å². The number of aryl methyl sites for hydroxylation is 1. The van der Waals surface area contributed by atoms with Crippen LogP contribution in [-0.2, 0) is 6.42 Å². The van der Waals surface area contributed by atoms with Gasteiger partial charge in [-0.15, -0.1) is 17.9 Å². The van der Waals surface area contributed by atoms with Gasteiger partial charge in [0.15, 0.2) is 0 Å². The summed E-state index contributed by atoms with van der Waals surface area (Å²) in [6, 6.07) is 4.72. The summed E-state index contributed by atoms with van der Waals surface area (Å²) in [6.07, 6.45) is 3.09. The first-order chi connectivity index (χ1) is 6.31. The molecular formula is C11H17NS. The number of hydrogen-bond acceptors (Lipinski definition) is 2. The van der Waals surface area contributed by atoms with Crippen molar-refractivity contribution in [1.82, 2.24) is 5.32 Å². The molecule has 1 nitrogen and oxygen atoms in total. The van der Waals surface area contributed by atoms with E-state index >= 15 is 0 Å². The number of rotatable bonds is 5. The second-order valence-corrected chi connectivity index (χ2v) is 4.13. The van der Waals surface area contributed by atoms with E-state index in [2.05, 4.69) is 37.9 Å². The van der Waals surface area contributed by atoms with E-state index in [1.165, 1.54) is 9.75 Å². The number of hydrogen-bond donors (Lipinski definition) is 1. The van der Waals surface area contributed by atoms with E-state index in [9.17, 15) is 0 Å². The van der Waals surface area contributed by atoms with Gasteiger partial charge in [0.1, 0.15) is 0 Å². The average molecular weight is 195 g/mol. The Balaban J connectivity index is 2.72. The van der Waals surface area contributed by atoms with E-state index in [-0.39, 0.29) is 0 Å². The van der Waals surface area contributed by atoms with Crippen LogP contribution in [0.1, 0.15) is 29.6 Å². The summed E-state index contributed by atoms with van der Waals surface area (Å²) in [7, 11) is 0. The molecule has 0 aliphatic heterocycles. The molecule has 0 fully saturated rings. The van der Waals surface area contributed by atoms with Crippen LogP contribution in [0.4, 0.5) is 0 Å². The first-order valence-electron chi connectivity index (χ1n) is 4.76. The third kappa shape index (κ3) is 2.68. The minimum atomic E-state index is 0.329. The van der Waals surface area contributed by atoms with Gasteiger partial charge in [0.05, 0.1) is 6.04 Å². The fourth-order valence-corrected chi connectivity index (χ4v) is 2.30. The Labute approximate surface area is 84.5 Å². The number of thiophene rings is 1. The monoisotopic (exact) mass is 195 g/mol. The Hall–Kier alpha value is -0.600. The highest BCUT2D eigenvalue weighted by Crippen LogP contribution is 2.24. The van der Waals surface area contributed by atoms with Crippen molar-refractivity contribution in [3.05, 3.63) is 34.5 Å². The van der Waals surface area contributed by atoms with Crippen LogP contribution in [0, 0.1) is 0 Å². The topological polar surface area (TPSA) is 12.0 Å². The third-order valence-corrected chi connectivity index (χ3v) is 3.31. The van der Waals surface area contributed by atoms with Crippen LogP contribution in [0.5, 0.6) is 0 Å². The van der Waals surface area contributed by atoms with Gasteiger partial charge in [-0.05, 0) is 25.1 Å². The van der Waals surface area contributed by atoms with Crippen molar-refractivity contribution in [2.75, 3.05) is 6.54 Å². The molecule has 1 N–H and O–H groups in total. The smallest absolute Gasteiger partial charge is 0.0598 e. The molecule has 1 rings (SSSR count). The van der Waals surface area contributed by atoms with Gasteiger partial charge in [0.2, 0.25) is 0 Å². The standard InChI is InChI=1S/C11H17NS/c1-4-9-7-8-11(13-9)10(5-2)12-6-3/h5,7-8,10,12H,2,4,6H2,1,3H3. The molecule has 1 heterocycles. The lowest BCUT2D eigenvalue weighted by Crippen LogP contribution is -2.17. The maximum atomic E-state index is 3.84. The molecule has 1 atom stereocenters. The Morgan fingerprint density at radius 3 is 2.77 bits per heavy atom. The van der Waals surface area contributed by atoms with Crippen LogP contribution in [0.3, 0.4) is 0 Å². The first-order valence-corrected chi connectivity index (χ1v) is 5.58. The molecule has 0 saturated heterocycles. The van der Waals surface area contributed by atoms with Crippen LogP contribution >= 0.6 is 11.3 Å². The molecule has 0 amide bonds. The molecule has 0 saturated carbocycles. The largest absolute Gasteiger partial charge is 0.306 e. The second kappa shape index (κ2) is 5.20. The molecule has 0 radical (unpaired) electrons. The highest BCUT2D eigenvalue weighted by Gasteiger charge is 2.07. The van der Waals surface area contributed by atoms with E-state index in [1.807, 2.05) is 17.4 Å². The molecule has 0 spiro atoms. The molecule has 0 aromatic carbocycles. The van der Waals surface area contributed by atoms with E-state index < -0.39 is 0 Å². The van der Waals surface area contributed by atoms with Crippen molar-refractivity contribution >= 4 is 11.3 Å². The summed E-state index contributed by atoms with van der Waals surface area (Å²) in [5, 5.41) is 3.38. The summed E-state index contributed by atoms with van der Waals surface area (Å²) >= 11 is 1.87. The quantitative estimate of drug-likeness (QED) is 0.712. The third-order valence-electron chi connectivity index (χ3n) is 2.00. The van der Waals surface area contributed by atoms with E-state index in [0.717, 1.165) is 13.0 Å². The van der Waals surface area contributed by atoms with Crippen LogP contribution in [0.25, 0.3) is 0 Å². The molecule has 2 heteroatoms. The summed E-state index contributed by atoms with van der Waals surface area (Å²) in [5.41, 5.74) is 0. The lowest BCUT2D eigenvalue weighted by molar-refractivity contribution is 0.658. The summed E-state index contributed by atoms with van der Waals surface area (Å²) < 4.78 is 0. The van der Waals surface area contributed by atoms with Gasteiger partial charge in [0, 0.05) is 9.75 Å². The highest BCUT2D eigenvalue weighted by atomic mass is 32.1. The maximum absolute atomic E-state index is 3.84. The zero-order valence-corrected chi connectivity index (χ0v) is 9.16. The van der Waals surface area contributed by atoms with Crippen molar-refractivity contribution in [3.63, 3.8) is 0 Å². The fraction of sp³-hybridized carbons (Fsp3) is 0.455. The minimum Gasteiger partial charge on any atom is -0.306 e. The molecule has 1 aromatic heterocycles. The van der Waals surface area contributed by atoms with Crippen LogP contribution in [0.15, 0.2) is 24.8 Å². The minimum absolute atomic E-state index is 0.329. The normalized spacial score (nSPS) is 12.8. The van der Waals surface area contributed by atoms with Gasteiger partial charge in [-0.3, -0.25) is 0 Å². The Bertz CT molecular complexity index is 265. The zero-order valence-electron chi connectivity index (χ0n) is 8.34. The van der Waals surface area contributed by atoms with E-state index in [0.29, 0.717) is 6.04 Å². The van der Waals surface area contributed by atoms with Gasteiger partial charge < -0.3 is 5.32 Å². The molecule has 0 aliphatic rings. The van der Waals surface area contributed by atoms with Crippen LogP contribution in [0.2, 0.25) is 0 Å². The van der Waals surface area contributed by atoms with Gasteiger partial charge in [-0.25, -0.2) is 0 Å². The van der Waals surface area contributed by atoms with E-state index in [4.69, 9.17) is 0 Å². The van der Waals surface area contributed by atoms with Gasteiger partial charge >= 0.3 is 0 Å². The SMILES string of the molecule is C=CC(NCC)c1ccc(CC)s1. The number of nitrogens with one attached hydrogen (secondary N) is 1. The Kier molecular flexibility index (Phi) is 4.19. The molecule has 0 bridgehead atoms. The van der Waals surface area contributed by atoms with Gasteiger partial charge in [0.25, 0.3) is 0 Å². The summed E-state index contributed by atoms with van der Waals surface area (Å²) in [4.78, 5) is 2.81. The molecule has 0 aliphatic carbocycles. The summed E-state index contributed by atoms with van der Waals surface area (Å²) in [6.45, 7) is 9.12. The van der Waals surface area contributed by atoms with Gasteiger partial charge in [-0.2, -0.15) is 0 Å². The lowest BCUT2D eigenvalue weighted by Gasteiger charge is -2.10. The lowest BCUT2D eigenvalue weighted by atomic mass is 10.2.